The van der Waals surface area contributed by atoms with Gasteiger partial charge in [0.05, 0.1) is 39.3 Å². The number of nitrogens with zero attached hydrogens (tertiary/aromatic N) is 2. The van der Waals surface area contributed by atoms with Crippen molar-refractivity contribution in [3.63, 3.8) is 0 Å². The van der Waals surface area contributed by atoms with Crippen LogP contribution in [0.15, 0.2) is 18.2 Å². The van der Waals surface area contributed by atoms with E-state index in [0.29, 0.717) is 0 Å². The number of rotatable bonds is 1. The van der Waals surface area contributed by atoms with E-state index in [1.807, 2.05) is 0 Å². The van der Waals surface area contributed by atoms with Gasteiger partial charge in [-0.2, -0.15) is 0 Å². The van der Waals surface area contributed by atoms with Gasteiger partial charge in [0.2, 0.25) is 0 Å². The normalized spacial score (nSPS) is 22.7. The monoisotopic (exact) mass is 245 g/mol. The lowest BCUT2D eigenvalue weighted by Gasteiger charge is -2.43. The number of aryl methyl sites for hydroxylation is 2. The Kier molecular flexibility index (Phi) is 3.06. The van der Waals surface area contributed by atoms with E-state index < -0.39 is 0 Å². The molecule has 2 aliphatic heterocycles. The molecule has 1 aromatic rings. The molecule has 2 heterocycles. The second-order valence-electron chi connectivity index (χ2n) is 6.28. The quantitative estimate of drug-likeness (QED) is 0.688. The zero-order chi connectivity index (χ0) is 12.6. The van der Waals surface area contributed by atoms with Gasteiger partial charge in [-0.1, -0.05) is 6.07 Å². The van der Waals surface area contributed by atoms with E-state index in [9.17, 15) is 0 Å². The van der Waals surface area contributed by atoms with Gasteiger partial charge in [-0.3, -0.25) is 0 Å². The summed E-state index contributed by atoms with van der Waals surface area (Å²) < 4.78 is 1.40. The van der Waals surface area contributed by atoms with Gasteiger partial charge < -0.3 is 9.38 Å². The van der Waals surface area contributed by atoms with Crippen LogP contribution in [0.25, 0.3) is 0 Å². The molecule has 2 saturated heterocycles. The summed E-state index contributed by atoms with van der Waals surface area (Å²) in [5.74, 6) is 0. The molecule has 1 spiro atoms. The van der Waals surface area contributed by atoms with E-state index in [1.165, 1.54) is 73.4 Å². The lowest BCUT2D eigenvalue weighted by molar-refractivity contribution is -0.917. The number of benzene rings is 1. The van der Waals surface area contributed by atoms with Gasteiger partial charge in [-0.15, -0.1) is 0 Å². The highest BCUT2D eigenvalue weighted by Gasteiger charge is 2.35. The van der Waals surface area contributed by atoms with Gasteiger partial charge in [0.1, 0.15) is 0 Å². The summed E-state index contributed by atoms with van der Waals surface area (Å²) in [7, 11) is 0. The van der Waals surface area contributed by atoms with Crippen LogP contribution in [0, 0.1) is 13.8 Å². The smallest absolute Gasteiger partial charge is 0.0965 e. The lowest BCUT2D eigenvalue weighted by atomic mass is 10.1. The molecular formula is C16H25N2+. The third kappa shape index (κ3) is 2.26. The topological polar surface area (TPSA) is 3.24 Å². The molecule has 18 heavy (non-hydrogen) atoms. The third-order valence-corrected chi connectivity index (χ3v) is 4.78. The maximum atomic E-state index is 2.59. The van der Waals surface area contributed by atoms with E-state index in [0.717, 1.165) is 0 Å². The van der Waals surface area contributed by atoms with E-state index in [-0.39, 0.29) is 0 Å². The molecule has 98 valence electrons. The molecule has 0 N–H and O–H groups in total. The SMILES string of the molecule is Cc1cc(C)cc(N2CC[N+]3(CCCC3)CC2)c1. The van der Waals surface area contributed by atoms with Gasteiger partial charge in [-0.25, -0.2) is 0 Å². The van der Waals surface area contributed by atoms with Crippen molar-refractivity contribution in [2.45, 2.75) is 26.7 Å². The highest BCUT2D eigenvalue weighted by molar-refractivity contribution is 5.51. The second kappa shape index (κ2) is 4.58. The molecule has 0 atom stereocenters. The van der Waals surface area contributed by atoms with Crippen LogP contribution in [0.5, 0.6) is 0 Å². The third-order valence-electron chi connectivity index (χ3n) is 4.78. The summed E-state index contributed by atoms with van der Waals surface area (Å²) in [5, 5.41) is 0. The van der Waals surface area contributed by atoms with Crippen molar-refractivity contribution in [3.05, 3.63) is 29.3 Å². The maximum absolute atomic E-state index is 2.59. The Morgan fingerprint density at radius 3 is 1.94 bits per heavy atom. The minimum Gasteiger partial charge on any atom is -0.360 e. The van der Waals surface area contributed by atoms with Crippen molar-refractivity contribution < 1.29 is 4.48 Å². The number of quaternary nitrogens is 1. The Morgan fingerprint density at radius 2 is 1.39 bits per heavy atom. The Bertz CT molecular complexity index is 402. The van der Waals surface area contributed by atoms with Crippen molar-refractivity contribution in [2.24, 2.45) is 0 Å². The Morgan fingerprint density at radius 1 is 0.833 bits per heavy atom. The van der Waals surface area contributed by atoms with Crippen LogP contribution in [0.3, 0.4) is 0 Å². The van der Waals surface area contributed by atoms with Crippen LogP contribution in [0.2, 0.25) is 0 Å². The van der Waals surface area contributed by atoms with Crippen LogP contribution < -0.4 is 4.90 Å². The van der Waals surface area contributed by atoms with Crippen molar-refractivity contribution in [1.82, 2.24) is 0 Å². The largest absolute Gasteiger partial charge is 0.360 e. The van der Waals surface area contributed by atoms with Crippen LogP contribution >= 0.6 is 0 Å². The second-order valence-corrected chi connectivity index (χ2v) is 6.28. The summed E-state index contributed by atoms with van der Waals surface area (Å²) in [6.07, 6.45) is 2.90. The summed E-state index contributed by atoms with van der Waals surface area (Å²) in [5.41, 5.74) is 4.21. The number of hydrogen-bond donors (Lipinski definition) is 0. The van der Waals surface area contributed by atoms with Gasteiger partial charge in [0.15, 0.2) is 0 Å². The molecule has 2 fully saturated rings. The molecule has 0 radical (unpaired) electrons. The predicted octanol–water partition coefficient (Wildman–Crippen LogP) is 2.73. The molecule has 0 aromatic heterocycles. The molecule has 2 heteroatoms. The first-order valence-corrected chi connectivity index (χ1v) is 7.35. The van der Waals surface area contributed by atoms with Crippen LogP contribution in [0.4, 0.5) is 5.69 Å². The van der Waals surface area contributed by atoms with Gasteiger partial charge in [0.25, 0.3) is 0 Å². The average molecular weight is 245 g/mol. The first-order chi connectivity index (χ1) is 8.67. The minimum atomic E-state index is 1.24. The Hall–Kier alpha value is -1.02. The molecule has 0 bridgehead atoms. The minimum absolute atomic E-state index is 1.24. The first-order valence-electron chi connectivity index (χ1n) is 7.35. The zero-order valence-corrected chi connectivity index (χ0v) is 11.8. The van der Waals surface area contributed by atoms with Crippen LogP contribution in [-0.2, 0) is 0 Å². The van der Waals surface area contributed by atoms with E-state index in [1.54, 1.807) is 0 Å². The lowest BCUT2D eigenvalue weighted by Crippen LogP contribution is -2.58. The molecule has 2 aliphatic rings. The molecule has 0 aliphatic carbocycles. The summed E-state index contributed by atoms with van der Waals surface area (Å²) in [4.78, 5) is 2.59. The van der Waals surface area contributed by atoms with Crippen LogP contribution in [-0.4, -0.2) is 43.8 Å². The van der Waals surface area contributed by atoms with Crippen molar-refractivity contribution in [2.75, 3.05) is 44.2 Å². The van der Waals surface area contributed by atoms with E-state index in [2.05, 4.69) is 36.9 Å². The average Bonchev–Trinajstić information content (AvgIpc) is 2.77. The van der Waals surface area contributed by atoms with Crippen molar-refractivity contribution >= 4 is 5.69 Å². The first kappa shape index (κ1) is 12.0. The molecule has 3 rings (SSSR count). The van der Waals surface area contributed by atoms with Gasteiger partial charge in [-0.05, 0) is 37.1 Å². The summed E-state index contributed by atoms with van der Waals surface area (Å²) >= 11 is 0. The van der Waals surface area contributed by atoms with E-state index >= 15 is 0 Å². The van der Waals surface area contributed by atoms with Crippen molar-refractivity contribution in [3.8, 4) is 0 Å². The Labute approximate surface area is 111 Å². The Balaban J connectivity index is 1.72. The zero-order valence-electron chi connectivity index (χ0n) is 11.8. The number of piperazine rings is 1. The van der Waals surface area contributed by atoms with Gasteiger partial charge in [0, 0.05) is 18.5 Å². The molecule has 2 nitrogen and oxygen atoms in total. The molecule has 0 unspecified atom stereocenters. The fourth-order valence-corrected chi connectivity index (χ4v) is 3.73. The highest BCUT2D eigenvalue weighted by Crippen LogP contribution is 2.26. The fourth-order valence-electron chi connectivity index (χ4n) is 3.73. The highest BCUT2D eigenvalue weighted by atomic mass is 15.4. The number of anilines is 1. The fraction of sp³-hybridized carbons (Fsp3) is 0.625. The molecule has 0 saturated carbocycles. The standard InChI is InChI=1S/C16H25N2/c1-14-11-15(2)13-16(12-14)17-5-9-18(10-6-17)7-3-4-8-18/h11-13H,3-10H2,1-2H3/q+1. The molecule has 1 aromatic carbocycles. The number of hydrogen-bond acceptors (Lipinski definition) is 1. The van der Waals surface area contributed by atoms with E-state index in [4.69, 9.17) is 0 Å². The predicted molar refractivity (Wildman–Crippen MR) is 77.1 cm³/mol. The summed E-state index contributed by atoms with van der Waals surface area (Å²) in [6, 6.07) is 6.95. The maximum Gasteiger partial charge on any atom is 0.0965 e. The molecular weight excluding hydrogens is 220 g/mol. The van der Waals surface area contributed by atoms with Crippen molar-refractivity contribution in [1.29, 1.82) is 0 Å². The van der Waals surface area contributed by atoms with Gasteiger partial charge >= 0.3 is 0 Å². The van der Waals surface area contributed by atoms with Crippen LogP contribution in [0.1, 0.15) is 24.0 Å². The summed E-state index contributed by atoms with van der Waals surface area (Å²) in [6.45, 7) is 12.5. The molecule has 0 amide bonds.